The van der Waals surface area contributed by atoms with Crippen molar-refractivity contribution in [2.75, 3.05) is 0 Å². The summed E-state index contributed by atoms with van der Waals surface area (Å²) < 4.78 is 0. The van der Waals surface area contributed by atoms with Gasteiger partial charge in [-0.3, -0.25) is 10.8 Å². The Kier molecular flexibility index (Phi) is 3.97. The van der Waals surface area contributed by atoms with E-state index in [9.17, 15) is 0 Å². The maximum atomic E-state index is 5.84. The van der Waals surface area contributed by atoms with Crippen LogP contribution in [0.1, 0.15) is 17.3 Å². The molecule has 0 amide bonds. The summed E-state index contributed by atoms with van der Waals surface area (Å²) in [6.07, 6.45) is 1.59. The smallest absolute Gasteiger partial charge is 0.0881 e. The first-order valence-corrected chi connectivity index (χ1v) is 5.79. The molecule has 0 aliphatic carbocycles. The Hall–Kier alpha value is -1.13. The molecule has 3 nitrogen and oxygen atoms in total. The third kappa shape index (κ3) is 2.96. The average molecular weight is 268 g/mol. The van der Waals surface area contributed by atoms with Crippen LogP contribution >= 0.6 is 23.2 Å². The second-order valence-corrected chi connectivity index (χ2v) is 4.43. The number of aromatic nitrogens is 1. The number of rotatable bonds is 3. The molecule has 2 rings (SSSR count). The van der Waals surface area contributed by atoms with E-state index in [-0.39, 0.29) is 6.04 Å². The van der Waals surface area contributed by atoms with Crippen molar-refractivity contribution < 1.29 is 0 Å². The van der Waals surface area contributed by atoms with Gasteiger partial charge in [0.05, 0.1) is 16.8 Å². The van der Waals surface area contributed by atoms with Gasteiger partial charge in [-0.25, -0.2) is 5.43 Å². The number of hydrazine groups is 1. The Balaban J connectivity index is 2.33. The van der Waals surface area contributed by atoms with E-state index in [4.69, 9.17) is 29.0 Å². The number of benzene rings is 1. The largest absolute Gasteiger partial charge is 0.271 e. The summed E-state index contributed by atoms with van der Waals surface area (Å²) in [6.45, 7) is 0. The normalized spacial score (nSPS) is 12.4. The molecular weight excluding hydrogens is 257 g/mol. The summed E-state index contributed by atoms with van der Waals surface area (Å²) in [5.74, 6) is 5.56. The van der Waals surface area contributed by atoms with Gasteiger partial charge in [0.1, 0.15) is 0 Å². The number of nitrogens with zero attached hydrogens (tertiary/aromatic N) is 1. The second kappa shape index (κ2) is 5.47. The van der Waals surface area contributed by atoms with Crippen LogP contribution in [0.2, 0.25) is 10.0 Å². The number of hydrogen-bond donors (Lipinski definition) is 2. The first-order valence-electron chi connectivity index (χ1n) is 5.04. The first kappa shape index (κ1) is 12.3. The molecule has 1 aromatic heterocycles. The molecule has 0 spiro atoms. The van der Waals surface area contributed by atoms with E-state index in [1.807, 2.05) is 30.3 Å². The monoisotopic (exact) mass is 267 g/mol. The summed E-state index contributed by atoms with van der Waals surface area (Å²) in [4.78, 5) is 4.24. The maximum Gasteiger partial charge on any atom is 0.0881 e. The third-order valence-corrected chi connectivity index (χ3v) is 2.89. The molecule has 1 unspecified atom stereocenters. The molecule has 3 N–H and O–H groups in total. The molecular formula is C12H11Cl2N3. The van der Waals surface area contributed by atoms with Gasteiger partial charge < -0.3 is 0 Å². The van der Waals surface area contributed by atoms with Crippen molar-refractivity contribution in [3.8, 4) is 0 Å². The fraction of sp³-hybridized carbons (Fsp3) is 0.0833. The van der Waals surface area contributed by atoms with Gasteiger partial charge >= 0.3 is 0 Å². The van der Waals surface area contributed by atoms with Gasteiger partial charge in [-0.05, 0) is 29.8 Å². The van der Waals surface area contributed by atoms with Crippen LogP contribution in [0.15, 0.2) is 42.6 Å². The minimum atomic E-state index is -0.176. The predicted molar refractivity (Wildman–Crippen MR) is 69.9 cm³/mol. The van der Waals surface area contributed by atoms with E-state index in [0.29, 0.717) is 10.0 Å². The minimum Gasteiger partial charge on any atom is -0.271 e. The summed E-state index contributed by atoms with van der Waals surface area (Å²) >= 11 is 11.6. The zero-order chi connectivity index (χ0) is 12.3. The predicted octanol–water partition coefficient (Wildman–Crippen LogP) is 2.94. The molecule has 0 bridgehead atoms. The fourth-order valence-corrected chi connectivity index (χ4v) is 1.80. The van der Waals surface area contributed by atoms with Crippen molar-refractivity contribution in [1.82, 2.24) is 10.4 Å². The van der Waals surface area contributed by atoms with Gasteiger partial charge in [-0.15, -0.1) is 0 Å². The highest BCUT2D eigenvalue weighted by atomic mass is 35.5. The van der Waals surface area contributed by atoms with Gasteiger partial charge in [-0.2, -0.15) is 0 Å². The Morgan fingerprint density at radius 3 is 2.18 bits per heavy atom. The molecule has 0 saturated heterocycles. The molecule has 0 aliphatic rings. The lowest BCUT2D eigenvalue weighted by molar-refractivity contribution is 0.621. The van der Waals surface area contributed by atoms with Gasteiger partial charge in [0.25, 0.3) is 0 Å². The molecule has 1 aromatic carbocycles. The Morgan fingerprint density at radius 2 is 1.65 bits per heavy atom. The Morgan fingerprint density at radius 1 is 1.00 bits per heavy atom. The molecule has 0 fully saturated rings. The van der Waals surface area contributed by atoms with Crippen LogP contribution in [0, 0.1) is 0 Å². The maximum absolute atomic E-state index is 5.84. The highest BCUT2D eigenvalue weighted by Gasteiger charge is 2.13. The minimum absolute atomic E-state index is 0.176. The summed E-state index contributed by atoms with van der Waals surface area (Å²) in [5, 5.41) is 1.29. The number of pyridine rings is 1. The Bertz CT molecular complexity index is 437. The second-order valence-electron chi connectivity index (χ2n) is 3.55. The lowest BCUT2D eigenvalue weighted by Crippen LogP contribution is -2.29. The quantitative estimate of drug-likeness (QED) is 0.664. The fourth-order valence-electron chi connectivity index (χ4n) is 1.57. The van der Waals surface area contributed by atoms with Crippen LogP contribution in [0.4, 0.5) is 0 Å². The van der Waals surface area contributed by atoms with Crippen LogP contribution in [0.25, 0.3) is 0 Å². The average Bonchev–Trinajstić information content (AvgIpc) is 2.35. The van der Waals surface area contributed by atoms with Crippen molar-refractivity contribution in [1.29, 1.82) is 0 Å². The van der Waals surface area contributed by atoms with Crippen molar-refractivity contribution >= 4 is 23.2 Å². The van der Waals surface area contributed by atoms with E-state index in [1.54, 1.807) is 12.3 Å². The number of hydrogen-bond acceptors (Lipinski definition) is 3. The van der Waals surface area contributed by atoms with Crippen LogP contribution in [-0.2, 0) is 0 Å². The van der Waals surface area contributed by atoms with Gasteiger partial charge in [0.15, 0.2) is 0 Å². The molecule has 0 radical (unpaired) electrons. The lowest BCUT2D eigenvalue weighted by atomic mass is 10.0. The van der Waals surface area contributed by atoms with E-state index in [2.05, 4.69) is 10.4 Å². The highest BCUT2D eigenvalue weighted by molar-refractivity contribution is 6.30. The Labute approximate surface area is 110 Å². The standard InChI is InChI=1S/C12H11Cl2N3/c13-9-3-1-8(2-4-9)12(17-15)11-6-5-10(14)7-16-11/h1-7,12,17H,15H2. The van der Waals surface area contributed by atoms with E-state index in [1.165, 1.54) is 0 Å². The summed E-state index contributed by atoms with van der Waals surface area (Å²) in [6, 6.07) is 10.9. The molecule has 1 atom stereocenters. The molecule has 0 aliphatic heterocycles. The topological polar surface area (TPSA) is 50.9 Å². The van der Waals surface area contributed by atoms with E-state index in [0.717, 1.165) is 11.3 Å². The first-order chi connectivity index (χ1) is 8.20. The van der Waals surface area contributed by atoms with Crippen LogP contribution in [0.3, 0.4) is 0 Å². The summed E-state index contributed by atoms with van der Waals surface area (Å²) in [7, 11) is 0. The zero-order valence-electron chi connectivity index (χ0n) is 8.90. The van der Waals surface area contributed by atoms with Crippen LogP contribution in [-0.4, -0.2) is 4.98 Å². The zero-order valence-corrected chi connectivity index (χ0v) is 10.4. The van der Waals surface area contributed by atoms with Crippen LogP contribution in [0.5, 0.6) is 0 Å². The third-order valence-electron chi connectivity index (χ3n) is 2.42. The van der Waals surface area contributed by atoms with Crippen molar-refractivity contribution in [3.05, 3.63) is 63.9 Å². The molecule has 1 heterocycles. The number of nitrogens with one attached hydrogen (secondary N) is 1. The highest BCUT2D eigenvalue weighted by Crippen LogP contribution is 2.22. The molecule has 0 saturated carbocycles. The van der Waals surface area contributed by atoms with Crippen molar-refractivity contribution in [2.24, 2.45) is 5.84 Å². The van der Waals surface area contributed by atoms with Gasteiger partial charge in [0.2, 0.25) is 0 Å². The van der Waals surface area contributed by atoms with Gasteiger partial charge in [0, 0.05) is 11.2 Å². The molecule has 88 valence electrons. The lowest BCUT2D eigenvalue weighted by Gasteiger charge is -2.15. The summed E-state index contributed by atoms with van der Waals surface area (Å²) in [5.41, 5.74) is 4.52. The molecule has 2 aromatic rings. The van der Waals surface area contributed by atoms with E-state index >= 15 is 0 Å². The SMILES string of the molecule is NNC(c1ccc(Cl)cc1)c1ccc(Cl)cn1. The van der Waals surface area contributed by atoms with Crippen molar-refractivity contribution in [2.45, 2.75) is 6.04 Å². The number of nitrogens with two attached hydrogens (primary N) is 1. The molecule has 5 heteroatoms. The van der Waals surface area contributed by atoms with Crippen molar-refractivity contribution in [3.63, 3.8) is 0 Å². The van der Waals surface area contributed by atoms with E-state index < -0.39 is 0 Å². The van der Waals surface area contributed by atoms with Gasteiger partial charge in [-0.1, -0.05) is 35.3 Å². The molecule has 17 heavy (non-hydrogen) atoms. The number of halogens is 2. The van der Waals surface area contributed by atoms with Crippen LogP contribution < -0.4 is 11.3 Å².